The molecule has 7 nitrogen and oxygen atoms in total. The normalized spacial score (nSPS) is 14.0. The van der Waals surface area contributed by atoms with E-state index in [1.165, 1.54) is 4.31 Å². The molecule has 0 aliphatic carbocycles. The number of carbonyl (C=O) groups is 2. The van der Waals surface area contributed by atoms with E-state index in [2.05, 4.69) is 0 Å². The first-order valence-electron chi connectivity index (χ1n) is 7.24. The molecule has 0 radical (unpaired) electrons. The standard InChI is InChI=1S/C15H19NO6S/c1-23(20,21)16-8-9-22-14-6-3-11(10-13(14)16)2-4-12(17)5-7-15(18)19/h3,6,10H,2,4-5,7-9H2,1H3,(H,18,19). The molecule has 0 amide bonds. The van der Waals surface area contributed by atoms with Crippen LogP contribution in [0, 0.1) is 0 Å². The van der Waals surface area contributed by atoms with Crippen LogP contribution in [0.25, 0.3) is 0 Å². The van der Waals surface area contributed by atoms with Crippen LogP contribution in [0.3, 0.4) is 0 Å². The summed E-state index contributed by atoms with van der Waals surface area (Å²) in [6.07, 6.45) is 1.65. The summed E-state index contributed by atoms with van der Waals surface area (Å²) in [5.41, 5.74) is 1.29. The molecule has 23 heavy (non-hydrogen) atoms. The van der Waals surface area contributed by atoms with Gasteiger partial charge in [-0.3, -0.25) is 13.9 Å². The van der Waals surface area contributed by atoms with Crippen LogP contribution in [0.5, 0.6) is 5.75 Å². The van der Waals surface area contributed by atoms with Crippen molar-refractivity contribution in [2.75, 3.05) is 23.7 Å². The number of carboxylic acids is 1. The van der Waals surface area contributed by atoms with Crippen molar-refractivity contribution in [3.05, 3.63) is 23.8 Å². The van der Waals surface area contributed by atoms with Crippen molar-refractivity contribution in [3.63, 3.8) is 0 Å². The Hall–Kier alpha value is -2.09. The highest BCUT2D eigenvalue weighted by atomic mass is 32.2. The average Bonchev–Trinajstić information content (AvgIpc) is 2.49. The first-order valence-corrected chi connectivity index (χ1v) is 9.09. The van der Waals surface area contributed by atoms with Crippen LogP contribution in [0.4, 0.5) is 5.69 Å². The Labute approximate surface area is 134 Å². The number of rotatable bonds is 7. The van der Waals surface area contributed by atoms with E-state index < -0.39 is 16.0 Å². The van der Waals surface area contributed by atoms with Crippen LogP contribution in [0.15, 0.2) is 18.2 Å². The maximum absolute atomic E-state index is 11.8. The SMILES string of the molecule is CS(=O)(=O)N1CCOc2ccc(CCC(=O)CCC(=O)O)cc21. The monoisotopic (exact) mass is 341 g/mol. The Morgan fingerprint density at radius 3 is 2.65 bits per heavy atom. The molecule has 0 bridgehead atoms. The van der Waals surface area contributed by atoms with E-state index in [1.807, 2.05) is 0 Å². The second kappa shape index (κ2) is 6.99. The molecule has 1 N–H and O–H groups in total. The van der Waals surface area contributed by atoms with Crippen molar-refractivity contribution in [1.82, 2.24) is 0 Å². The lowest BCUT2D eigenvalue weighted by molar-refractivity contribution is -0.138. The molecule has 1 aromatic carbocycles. The molecule has 2 rings (SSSR count). The van der Waals surface area contributed by atoms with Crippen LogP contribution in [0.2, 0.25) is 0 Å². The van der Waals surface area contributed by atoms with Gasteiger partial charge in [0.15, 0.2) is 0 Å². The van der Waals surface area contributed by atoms with Crippen molar-refractivity contribution >= 4 is 27.5 Å². The third kappa shape index (κ3) is 4.69. The van der Waals surface area contributed by atoms with Crippen molar-refractivity contribution in [1.29, 1.82) is 0 Å². The number of anilines is 1. The minimum atomic E-state index is -3.38. The summed E-state index contributed by atoms with van der Waals surface area (Å²) in [6, 6.07) is 5.19. The van der Waals surface area contributed by atoms with E-state index in [1.54, 1.807) is 18.2 Å². The Morgan fingerprint density at radius 1 is 1.26 bits per heavy atom. The summed E-state index contributed by atoms with van der Waals surface area (Å²) in [7, 11) is -3.38. The third-order valence-electron chi connectivity index (χ3n) is 3.55. The minimum absolute atomic E-state index is 0.0127. The van der Waals surface area contributed by atoms with Crippen LogP contribution in [-0.2, 0) is 26.0 Å². The van der Waals surface area contributed by atoms with Gasteiger partial charge in [-0.15, -0.1) is 0 Å². The van der Waals surface area contributed by atoms with Crippen LogP contribution >= 0.6 is 0 Å². The number of Topliss-reactive ketones (excluding diaryl/α,β-unsaturated/α-hetero) is 1. The Balaban J connectivity index is 2.08. The molecule has 1 aliphatic heterocycles. The van der Waals surface area contributed by atoms with Crippen molar-refractivity contribution < 1.29 is 27.9 Å². The fourth-order valence-electron chi connectivity index (χ4n) is 2.39. The molecular weight excluding hydrogens is 322 g/mol. The molecule has 0 saturated carbocycles. The number of nitrogens with zero attached hydrogens (tertiary/aromatic N) is 1. The first-order chi connectivity index (χ1) is 10.8. The zero-order chi connectivity index (χ0) is 17.0. The van der Waals surface area contributed by atoms with Crippen LogP contribution in [0.1, 0.15) is 24.8 Å². The molecule has 8 heteroatoms. The summed E-state index contributed by atoms with van der Waals surface area (Å²) in [4.78, 5) is 22.1. The molecule has 0 saturated heterocycles. The van der Waals surface area contributed by atoms with Crippen molar-refractivity contribution in [3.8, 4) is 5.75 Å². The van der Waals surface area contributed by atoms with Gasteiger partial charge in [-0.1, -0.05) is 6.07 Å². The summed E-state index contributed by atoms with van der Waals surface area (Å²) in [5.74, 6) is -0.614. The molecular formula is C15H19NO6S. The van der Waals surface area contributed by atoms with Crippen molar-refractivity contribution in [2.24, 2.45) is 0 Å². The maximum Gasteiger partial charge on any atom is 0.303 e. The number of aliphatic carboxylic acids is 1. The number of carbonyl (C=O) groups excluding carboxylic acids is 1. The summed E-state index contributed by atoms with van der Waals surface area (Å²) in [5, 5.41) is 8.56. The largest absolute Gasteiger partial charge is 0.489 e. The van der Waals surface area contributed by atoms with Gasteiger partial charge in [0.25, 0.3) is 0 Å². The highest BCUT2D eigenvalue weighted by Gasteiger charge is 2.25. The molecule has 1 heterocycles. The number of hydrogen-bond donors (Lipinski definition) is 1. The summed E-state index contributed by atoms with van der Waals surface area (Å²) in [6.45, 7) is 0.555. The lowest BCUT2D eigenvalue weighted by Crippen LogP contribution is -2.37. The highest BCUT2D eigenvalue weighted by Crippen LogP contribution is 2.34. The fourth-order valence-corrected chi connectivity index (χ4v) is 3.30. The predicted molar refractivity (Wildman–Crippen MR) is 84.3 cm³/mol. The van der Waals surface area contributed by atoms with Gasteiger partial charge in [-0.2, -0.15) is 0 Å². The van der Waals surface area contributed by atoms with E-state index in [0.29, 0.717) is 24.5 Å². The molecule has 126 valence electrons. The molecule has 0 fully saturated rings. The molecule has 1 aliphatic rings. The zero-order valence-corrected chi connectivity index (χ0v) is 13.6. The van der Waals surface area contributed by atoms with Gasteiger partial charge in [0.1, 0.15) is 18.1 Å². The topological polar surface area (TPSA) is 101 Å². The zero-order valence-electron chi connectivity index (χ0n) is 12.8. The van der Waals surface area contributed by atoms with Gasteiger partial charge >= 0.3 is 5.97 Å². The molecule has 0 atom stereocenters. The van der Waals surface area contributed by atoms with Crippen LogP contribution < -0.4 is 9.04 Å². The minimum Gasteiger partial charge on any atom is -0.489 e. The molecule has 1 aromatic rings. The maximum atomic E-state index is 11.8. The molecule has 0 aromatic heterocycles. The second-order valence-corrected chi connectivity index (χ2v) is 7.32. The number of fused-ring (bicyclic) bond motifs is 1. The lowest BCUT2D eigenvalue weighted by Gasteiger charge is -2.29. The second-order valence-electron chi connectivity index (χ2n) is 5.42. The number of hydrogen-bond acceptors (Lipinski definition) is 5. The third-order valence-corrected chi connectivity index (χ3v) is 4.73. The molecule has 0 spiro atoms. The lowest BCUT2D eigenvalue weighted by atomic mass is 10.0. The van der Waals surface area contributed by atoms with E-state index in [-0.39, 0.29) is 31.6 Å². The number of ketones is 1. The van der Waals surface area contributed by atoms with Crippen LogP contribution in [-0.4, -0.2) is 44.7 Å². The van der Waals surface area contributed by atoms with Gasteiger partial charge in [0.2, 0.25) is 10.0 Å². The average molecular weight is 341 g/mol. The Bertz CT molecular complexity index is 713. The number of ether oxygens (including phenoxy) is 1. The molecule has 0 unspecified atom stereocenters. The number of sulfonamides is 1. The van der Waals surface area contributed by atoms with E-state index in [4.69, 9.17) is 9.84 Å². The summed E-state index contributed by atoms with van der Waals surface area (Å²) < 4.78 is 30.4. The number of aryl methyl sites for hydroxylation is 1. The van der Waals surface area contributed by atoms with Gasteiger partial charge in [-0.25, -0.2) is 8.42 Å². The highest BCUT2D eigenvalue weighted by molar-refractivity contribution is 7.92. The predicted octanol–water partition coefficient (Wildman–Crippen LogP) is 1.21. The Kier molecular flexibility index (Phi) is 5.25. The smallest absolute Gasteiger partial charge is 0.303 e. The fraction of sp³-hybridized carbons (Fsp3) is 0.467. The van der Waals surface area contributed by atoms with Gasteiger partial charge in [-0.05, 0) is 24.1 Å². The van der Waals surface area contributed by atoms with E-state index in [9.17, 15) is 18.0 Å². The van der Waals surface area contributed by atoms with E-state index in [0.717, 1.165) is 11.8 Å². The van der Waals surface area contributed by atoms with E-state index >= 15 is 0 Å². The Morgan fingerprint density at radius 2 is 2.00 bits per heavy atom. The number of carboxylic acid groups (broad SMARTS) is 1. The van der Waals surface area contributed by atoms with Gasteiger partial charge in [0.05, 0.1) is 24.9 Å². The number of benzene rings is 1. The van der Waals surface area contributed by atoms with Crippen molar-refractivity contribution in [2.45, 2.75) is 25.7 Å². The van der Waals surface area contributed by atoms with Gasteiger partial charge < -0.3 is 9.84 Å². The quantitative estimate of drug-likeness (QED) is 0.800. The van der Waals surface area contributed by atoms with Gasteiger partial charge in [0, 0.05) is 12.8 Å². The first kappa shape index (κ1) is 17.3. The summed E-state index contributed by atoms with van der Waals surface area (Å²) >= 11 is 0.